The quantitative estimate of drug-likeness (QED) is 0.339. The monoisotopic (exact) mass is 407 g/mol. The summed E-state index contributed by atoms with van der Waals surface area (Å²) in [4.78, 5) is 12.2. The number of carbonyl (C=O) groups is 1. The maximum absolute atomic E-state index is 13.4. The van der Waals surface area contributed by atoms with Crippen LogP contribution in [0.3, 0.4) is 0 Å². The van der Waals surface area contributed by atoms with Crippen molar-refractivity contribution in [3.8, 4) is 0 Å². The Hall–Kier alpha value is -3.08. The third-order valence-electron chi connectivity index (χ3n) is 5.16. The van der Waals surface area contributed by atoms with Crippen molar-refractivity contribution in [1.29, 1.82) is 0 Å². The number of carbonyl (C=O) groups excluding carboxylic acids is 1. The number of esters is 1. The van der Waals surface area contributed by atoms with E-state index in [-0.39, 0.29) is 13.0 Å². The van der Waals surface area contributed by atoms with E-state index in [0.717, 1.165) is 34.3 Å². The molecule has 0 saturated carbocycles. The fourth-order valence-electron chi connectivity index (χ4n) is 3.68. The molecule has 1 aliphatic heterocycles. The Morgan fingerprint density at radius 3 is 2.10 bits per heavy atom. The number of benzene rings is 2. The highest BCUT2D eigenvalue weighted by Gasteiger charge is 2.49. The average Bonchev–Trinajstić information content (AvgIpc) is 2.98. The second-order valence-electron chi connectivity index (χ2n) is 7.54. The van der Waals surface area contributed by atoms with Crippen LogP contribution in [0, 0.1) is 5.21 Å². The van der Waals surface area contributed by atoms with Crippen LogP contribution in [0.15, 0.2) is 66.4 Å². The van der Waals surface area contributed by atoms with Gasteiger partial charge in [-0.2, -0.15) is 4.74 Å². The highest BCUT2D eigenvalue weighted by Crippen LogP contribution is 2.37. The molecule has 0 fully saturated rings. The third kappa shape index (κ3) is 4.56. The van der Waals surface area contributed by atoms with Gasteiger partial charge in [-0.15, -0.1) is 0 Å². The summed E-state index contributed by atoms with van der Waals surface area (Å²) in [6.07, 6.45) is 2.25. The molecule has 3 rings (SSSR count). The largest absolute Gasteiger partial charge is 0.621 e. The van der Waals surface area contributed by atoms with Gasteiger partial charge in [0.1, 0.15) is 0 Å². The second-order valence-corrected chi connectivity index (χ2v) is 7.54. The molecule has 1 atom stereocenters. The van der Waals surface area contributed by atoms with Crippen molar-refractivity contribution in [3.05, 3.63) is 82.8 Å². The number of ether oxygens (including phenoxy) is 2. The maximum Gasteiger partial charge on any atom is 0.324 e. The molecule has 0 bridgehead atoms. The summed E-state index contributed by atoms with van der Waals surface area (Å²) in [5, 5.41) is 13.4. The smallest absolute Gasteiger partial charge is 0.324 e. The van der Waals surface area contributed by atoms with Gasteiger partial charge in [0.25, 0.3) is 0 Å². The van der Waals surface area contributed by atoms with Crippen LogP contribution in [0.1, 0.15) is 57.6 Å². The minimum atomic E-state index is -1.33. The van der Waals surface area contributed by atoms with Crippen molar-refractivity contribution in [3.63, 3.8) is 0 Å². The first-order valence-electron chi connectivity index (χ1n) is 10.5. The van der Waals surface area contributed by atoms with Crippen LogP contribution >= 0.6 is 0 Å². The molecular formula is C25H29NO4. The van der Waals surface area contributed by atoms with E-state index >= 15 is 0 Å². The summed E-state index contributed by atoms with van der Waals surface area (Å²) in [6, 6.07) is 19.8. The zero-order valence-corrected chi connectivity index (χ0v) is 17.9. The second kappa shape index (κ2) is 9.61. The molecule has 0 amide bonds. The van der Waals surface area contributed by atoms with E-state index in [1.54, 1.807) is 13.8 Å². The first-order chi connectivity index (χ1) is 14.5. The summed E-state index contributed by atoms with van der Waals surface area (Å²) in [7, 11) is 0. The van der Waals surface area contributed by atoms with Crippen LogP contribution in [0.5, 0.6) is 0 Å². The topological polar surface area (TPSA) is 61.6 Å². The van der Waals surface area contributed by atoms with Crippen LogP contribution in [-0.2, 0) is 14.3 Å². The first-order valence-corrected chi connectivity index (χ1v) is 10.5. The van der Waals surface area contributed by atoms with Gasteiger partial charge in [-0.3, -0.25) is 4.79 Å². The van der Waals surface area contributed by atoms with Gasteiger partial charge in [0.2, 0.25) is 11.5 Å². The molecule has 30 heavy (non-hydrogen) atoms. The fraction of sp³-hybridized carbons (Fsp3) is 0.360. The van der Waals surface area contributed by atoms with Gasteiger partial charge in [0, 0.05) is 18.9 Å². The van der Waals surface area contributed by atoms with Gasteiger partial charge in [0.15, 0.2) is 6.42 Å². The van der Waals surface area contributed by atoms with Crippen molar-refractivity contribution in [2.45, 2.75) is 52.2 Å². The minimum absolute atomic E-state index is 0.139. The van der Waals surface area contributed by atoms with E-state index in [4.69, 9.17) is 9.47 Å². The highest BCUT2D eigenvalue weighted by molar-refractivity contribution is 6.05. The Bertz CT molecular complexity index is 893. The molecule has 5 nitrogen and oxygen atoms in total. The van der Waals surface area contributed by atoms with E-state index in [1.165, 1.54) is 0 Å². The van der Waals surface area contributed by atoms with Gasteiger partial charge in [-0.1, -0.05) is 74.0 Å². The molecule has 1 unspecified atom stereocenters. The fourth-order valence-corrected chi connectivity index (χ4v) is 3.68. The summed E-state index contributed by atoms with van der Waals surface area (Å²) in [5.74, 6) is 0.0977. The normalized spacial score (nSPS) is 18.3. The van der Waals surface area contributed by atoms with Gasteiger partial charge < -0.3 is 14.7 Å². The molecule has 5 heteroatoms. The van der Waals surface area contributed by atoms with Crippen LogP contribution in [-0.4, -0.2) is 28.8 Å². The Morgan fingerprint density at radius 1 is 1.03 bits per heavy atom. The number of hydrogen-bond acceptors (Lipinski definition) is 4. The number of rotatable bonds is 8. The van der Waals surface area contributed by atoms with Crippen molar-refractivity contribution in [2.75, 3.05) is 6.61 Å². The molecule has 0 aliphatic carbocycles. The van der Waals surface area contributed by atoms with E-state index in [2.05, 4.69) is 6.92 Å². The maximum atomic E-state index is 13.4. The lowest BCUT2D eigenvalue weighted by Gasteiger charge is -2.22. The van der Waals surface area contributed by atoms with Crippen molar-refractivity contribution in [1.82, 2.24) is 0 Å². The van der Waals surface area contributed by atoms with Crippen molar-refractivity contribution < 1.29 is 19.0 Å². The molecule has 0 N–H and O–H groups in total. The Morgan fingerprint density at radius 2 is 1.60 bits per heavy atom. The molecule has 158 valence electrons. The molecule has 2 aromatic carbocycles. The van der Waals surface area contributed by atoms with Gasteiger partial charge >= 0.3 is 11.7 Å². The molecule has 1 aliphatic rings. The number of allylic oxidation sites excluding steroid dienone is 1. The lowest BCUT2D eigenvalue weighted by Crippen LogP contribution is -2.38. The summed E-state index contributed by atoms with van der Waals surface area (Å²) in [6.45, 7) is 5.76. The van der Waals surface area contributed by atoms with Gasteiger partial charge in [-0.25, -0.2) is 0 Å². The Balaban J connectivity index is 2.17. The van der Waals surface area contributed by atoms with Gasteiger partial charge in [-0.05, 0) is 24.5 Å². The van der Waals surface area contributed by atoms with Crippen LogP contribution in [0.2, 0.25) is 0 Å². The lowest BCUT2D eigenvalue weighted by molar-refractivity contribution is -0.585. The molecule has 0 spiro atoms. The van der Waals surface area contributed by atoms with Crippen LogP contribution in [0.4, 0.5) is 0 Å². The van der Waals surface area contributed by atoms with E-state index in [1.807, 2.05) is 60.7 Å². The molecule has 2 aromatic rings. The number of unbranched alkanes of at least 4 members (excludes halogenated alkanes) is 1. The average molecular weight is 408 g/mol. The SMILES string of the molecule is CCCCC1=[N+]([O-])C(C)(CC(=O)OCC)OC1=C(c1ccccc1)c1ccccc1. The highest BCUT2D eigenvalue weighted by atomic mass is 16.6. The van der Waals surface area contributed by atoms with Crippen LogP contribution < -0.4 is 0 Å². The molecule has 0 saturated heterocycles. The number of hydroxylamine groups is 1. The first kappa shape index (κ1) is 21.6. The predicted molar refractivity (Wildman–Crippen MR) is 118 cm³/mol. The standard InChI is InChI=1S/C25H29NO4/c1-4-6-17-21-24(30-25(3,26(21)28)18-22(27)29-5-2)23(19-13-9-7-10-14-19)20-15-11-8-12-16-20/h7-16H,4-6,17-18H2,1-3H3. The summed E-state index contributed by atoms with van der Waals surface area (Å²) >= 11 is 0. The molecule has 0 aromatic heterocycles. The molecule has 1 heterocycles. The third-order valence-corrected chi connectivity index (χ3v) is 5.16. The summed E-state index contributed by atoms with van der Waals surface area (Å²) in [5.41, 5.74) is 2.02. The van der Waals surface area contributed by atoms with Crippen LogP contribution in [0.25, 0.3) is 5.57 Å². The van der Waals surface area contributed by atoms with E-state index in [9.17, 15) is 10.0 Å². The Kier molecular flexibility index (Phi) is 6.93. The lowest BCUT2D eigenvalue weighted by atomic mass is 9.94. The zero-order valence-electron chi connectivity index (χ0n) is 17.9. The predicted octanol–water partition coefficient (Wildman–Crippen LogP) is 5.29. The van der Waals surface area contributed by atoms with Crippen molar-refractivity contribution >= 4 is 17.3 Å². The van der Waals surface area contributed by atoms with Gasteiger partial charge in [0.05, 0.1) is 6.61 Å². The van der Waals surface area contributed by atoms with E-state index in [0.29, 0.717) is 17.9 Å². The minimum Gasteiger partial charge on any atom is -0.621 e. The van der Waals surface area contributed by atoms with E-state index < -0.39 is 11.7 Å². The number of hydrogen-bond donors (Lipinski definition) is 0. The molecule has 0 radical (unpaired) electrons. The summed E-state index contributed by atoms with van der Waals surface area (Å²) < 4.78 is 12.3. The zero-order chi connectivity index (χ0) is 21.6. The number of nitrogens with zero attached hydrogens (tertiary/aromatic N) is 1. The Labute approximate surface area is 178 Å². The van der Waals surface area contributed by atoms with Crippen molar-refractivity contribution in [2.24, 2.45) is 0 Å². The molecular weight excluding hydrogens is 378 g/mol.